The summed E-state index contributed by atoms with van der Waals surface area (Å²) < 4.78 is 38.1. The van der Waals surface area contributed by atoms with E-state index in [0.717, 1.165) is 17.9 Å². The van der Waals surface area contributed by atoms with Crippen molar-refractivity contribution < 1.29 is 27.8 Å². The Bertz CT molecular complexity index is 623. The van der Waals surface area contributed by atoms with E-state index in [1.165, 1.54) is 0 Å². The second-order valence-corrected chi connectivity index (χ2v) is 4.18. The second kappa shape index (κ2) is 6.60. The van der Waals surface area contributed by atoms with Crippen LogP contribution in [-0.2, 0) is 14.2 Å². The molecule has 0 atom stereocenters. The Morgan fingerprint density at radius 1 is 1.10 bits per heavy atom. The molecule has 0 saturated heterocycles. The number of carbonyl (C=O) groups excluding carboxylic acids is 1. The van der Waals surface area contributed by atoms with E-state index in [1.807, 2.05) is 18.2 Å². The lowest BCUT2D eigenvalue weighted by Gasteiger charge is -2.13. The number of rotatable bonds is 6. The average Bonchev–Trinajstić information content (AvgIpc) is 2.51. The number of hydrogen-bond acceptors (Lipinski definition) is 4. The molecule has 0 heterocycles. The molecule has 0 saturated carbocycles. The van der Waals surface area contributed by atoms with E-state index in [2.05, 4.69) is 9.47 Å². The predicted octanol–water partition coefficient (Wildman–Crippen LogP) is 3.21. The maximum atomic E-state index is 12.6. The summed E-state index contributed by atoms with van der Waals surface area (Å²) >= 11 is 0. The summed E-state index contributed by atoms with van der Waals surface area (Å²) in [6, 6.07) is 12.5. The quantitative estimate of drug-likeness (QED) is 0.466. The first kappa shape index (κ1) is 15.3. The average molecular weight is 296 g/mol. The number of hydrogen-bond donors (Lipinski definition) is 0. The maximum Gasteiger partial charge on any atom is 0.485 e. The van der Waals surface area contributed by atoms with Crippen molar-refractivity contribution in [1.29, 1.82) is 0 Å². The molecule has 0 unspecified atom stereocenters. The van der Waals surface area contributed by atoms with E-state index >= 15 is 0 Å². The molecular formula is C15H14F2O4. The summed E-state index contributed by atoms with van der Waals surface area (Å²) in [6.07, 6.45) is -3.67. The summed E-state index contributed by atoms with van der Waals surface area (Å²) in [6.45, 7) is -0.752. The van der Waals surface area contributed by atoms with Crippen LogP contribution in [-0.4, -0.2) is 32.6 Å². The van der Waals surface area contributed by atoms with E-state index in [4.69, 9.17) is 4.74 Å². The summed E-state index contributed by atoms with van der Waals surface area (Å²) in [5.41, 5.74) is 0.381. The molecule has 21 heavy (non-hydrogen) atoms. The lowest BCUT2D eigenvalue weighted by atomic mass is 10.1. The topological polar surface area (TPSA) is 44.8 Å². The maximum absolute atomic E-state index is 12.6. The molecule has 0 spiro atoms. The van der Waals surface area contributed by atoms with Crippen LogP contribution in [0.5, 0.6) is 0 Å². The first-order valence-corrected chi connectivity index (χ1v) is 6.25. The van der Waals surface area contributed by atoms with Crippen molar-refractivity contribution in [2.75, 3.05) is 20.3 Å². The summed E-state index contributed by atoms with van der Waals surface area (Å²) in [7, 11) is 0.822. The second-order valence-electron chi connectivity index (χ2n) is 4.18. The standard InChI is InChI=1S/C15H14F2O4/c1-19-15(16,17)21-10-9-20-14(18)13-8-4-6-11-5-2-3-7-12(11)13/h2-8H,9-10H2,1H3. The normalized spacial score (nSPS) is 11.6. The van der Waals surface area contributed by atoms with Crippen molar-refractivity contribution in [3.05, 3.63) is 48.0 Å². The molecule has 0 aliphatic rings. The number of methoxy groups -OCH3 is 1. The van der Waals surface area contributed by atoms with Crippen molar-refractivity contribution in [3.8, 4) is 0 Å². The first-order valence-electron chi connectivity index (χ1n) is 6.25. The lowest BCUT2D eigenvalue weighted by Crippen LogP contribution is -2.25. The van der Waals surface area contributed by atoms with Gasteiger partial charge < -0.3 is 4.74 Å². The third kappa shape index (κ3) is 3.96. The van der Waals surface area contributed by atoms with Crippen molar-refractivity contribution in [3.63, 3.8) is 0 Å². The van der Waals surface area contributed by atoms with Gasteiger partial charge in [-0.2, -0.15) is 0 Å². The number of alkyl halides is 2. The molecule has 112 valence electrons. The summed E-state index contributed by atoms with van der Waals surface area (Å²) in [4.78, 5) is 12.0. The van der Waals surface area contributed by atoms with Crippen LogP contribution < -0.4 is 0 Å². The number of carbonyl (C=O) groups is 1. The Balaban J connectivity index is 1.97. The van der Waals surface area contributed by atoms with Gasteiger partial charge in [-0.1, -0.05) is 36.4 Å². The van der Waals surface area contributed by atoms with Gasteiger partial charge in [-0.25, -0.2) is 4.79 Å². The van der Waals surface area contributed by atoms with Gasteiger partial charge >= 0.3 is 12.3 Å². The Hall–Kier alpha value is -2.05. The monoisotopic (exact) mass is 296 g/mol. The van der Waals surface area contributed by atoms with Gasteiger partial charge in [-0.3, -0.25) is 9.47 Å². The number of esters is 1. The minimum Gasteiger partial charge on any atom is -0.460 e. The van der Waals surface area contributed by atoms with Crippen LogP contribution in [0.4, 0.5) is 8.78 Å². The van der Waals surface area contributed by atoms with Crippen molar-refractivity contribution >= 4 is 16.7 Å². The summed E-state index contributed by atoms with van der Waals surface area (Å²) in [5, 5.41) is 1.64. The molecule has 0 bridgehead atoms. The van der Waals surface area contributed by atoms with Gasteiger partial charge in [-0.05, 0) is 16.8 Å². The molecule has 6 heteroatoms. The highest BCUT2D eigenvalue weighted by molar-refractivity contribution is 6.04. The fraction of sp³-hybridized carbons (Fsp3) is 0.267. The van der Waals surface area contributed by atoms with Gasteiger partial charge in [0.1, 0.15) is 6.61 Å². The van der Waals surface area contributed by atoms with Gasteiger partial charge in [0.2, 0.25) is 0 Å². The minimum absolute atomic E-state index is 0.291. The van der Waals surface area contributed by atoms with E-state index in [0.29, 0.717) is 5.56 Å². The third-order valence-electron chi connectivity index (χ3n) is 2.83. The van der Waals surface area contributed by atoms with Crippen molar-refractivity contribution in [2.24, 2.45) is 0 Å². The summed E-state index contributed by atoms with van der Waals surface area (Å²) in [5.74, 6) is -0.587. The fourth-order valence-corrected chi connectivity index (χ4v) is 1.83. The van der Waals surface area contributed by atoms with Crippen LogP contribution in [0.2, 0.25) is 0 Å². The van der Waals surface area contributed by atoms with Gasteiger partial charge in [0, 0.05) is 7.11 Å². The number of ether oxygens (including phenoxy) is 3. The molecule has 0 N–H and O–H groups in total. The lowest BCUT2D eigenvalue weighted by molar-refractivity contribution is -0.384. The number of fused-ring (bicyclic) bond motifs is 1. The van der Waals surface area contributed by atoms with Gasteiger partial charge in [0.25, 0.3) is 0 Å². The van der Waals surface area contributed by atoms with Crippen LogP contribution in [0.1, 0.15) is 10.4 Å². The van der Waals surface area contributed by atoms with Gasteiger partial charge in [-0.15, -0.1) is 8.78 Å². The molecular weight excluding hydrogens is 282 g/mol. The van der Waals surface area contributed by atoms with E-state index < -0.39 is 18.9 Å². The Morgan fingerprint density at radius 3 is 2.57 bits per heavy atom. The van der Waals surface area contributed by atoms with Crippen LogP contribution in [0, 0.1) is 0 Å². The van der Waals surface area contributed by atoms with Crippen LogP contribution in [0.15, 0.2) is 42.5 Å². The molecule has 2 rings (SSSR count). The van der Waals surface area contributed by atoms with E-state index in [-0.39, 0.29) is 6.61 Å². The highest BCUT2D eigenvalue weighted by Gasteiger charge is 2.29. The zero-order valence-electron chi connectivity index (χ0n) is 11.3. The van der Waals surface area contributed by atoms with Gasteiger partial charge in [0.05, 0.1) is 12.2 Å². The Labute approximate surface area is 120 Å². The third-order valence-corrected chi connectivity index (χ3v) is 2.83. The smallest absolute Gasteiger partial charge is 0.460 e. The number of benzene rings is 2. The first-order chi connectivity index (χ1) is 10.0. The molecule has 0 aliphatic carbocycles. The van der Waals surface area contributed by atoms with Crippen molar-refractivity contribution in [1.82, 2.24) is 0 Å². The zero-order chi connectivity index (χ0) is 15.3. The zero-order valence-corrected chi connectivity index (χ0v) is 11.3. The number of halogens is 2. The molecule has 0 aromatic heterocycles. The highest BCUT2D eigenvalue weighted by atomic mass is 19.3. The van der Waals surface area contributed by atoms with E-state index in [9.17, 15) is 13.6 Å². The van der Waals surface area contributed by atoms with Gasteiger partial charge in [0.15, 0.2) is 0 Å². The van der Waals surface area contributed by atoms with E-state index in [1.54, 1.807) is 24.3 Å². The molecule has 0 radical (unpaired) electrons. The Morgan fingerprint density at radius 2 is 1.81 bits per heavy atom. The highest BCUT2D eigenvalue weighted by Crippen LogP contribution is 2.19. The molecule has 4 nitrogen and oxygen atoms in total. The molecule has 2 aromatic carbocycles. The SMILES string of the molecule is COC(F)(F)OCCOC(=O)c1cccc2ccccc12. The molecule has 0 fully saturated rings. The molecule has 0 amide bonds. The van der Waals surface area contributed by atoms with Crippen LogP contribution >= 0.6 is 0 Å². The minimum atomic E-state index is -3.67. The molecule has 0 aliphatic heterocycles. The van der Waals surface area contributed by atoms with Crippen LogP contribution in [0.3, 0.4) is 0 Å². The Kier molecular flexibility index (Phi) is 4.82. The predicted molar refractivity (Wildman–Crippen MR) is 72.1 cm³/mol. The van der Waals surface area contributed by atoms with Crippen molar-refractivity contribution in [2.45, 2.75) is 6.29 Å². The van der Waals surface area contributed by atoms with Crippen LogP contribution in [0.25, 0.3) is 10.8 Å². The largest absolute Gasteiger partial charge is 0.485 e. The fourth-order valence-electron chi connectivity index (χ4n) is 1.83. The molecule has 2 aromatic rings.